The number of carbonyl (C=O) groups excluding carboxylic acids is 1. The van der Waals surface area contributed by atoms with E-state index in [1.54, 1.807) is 24.3 Å². The van der Waals surface area contributed by atoms with E-state index in [2.05, 4.69) is 0 Å². The monoisotopic (exact) mass is 464 g/mol. The van der Waals surface area contributed by atoms with Crippen LogP contribution in [0.4, 0.5) is 11.4 Å². The highest BCUT2D eigenvalue weighted by atomic mass is 35.5. The molecule has 1 heterocycles. The maximum Gasteiger partial charge on any atom is 0.271 e. The number of amides is 1. The molecule has 3 rings (SSSR count). The van der Waals surface area contributed by atoms with Gasteiger partial charge in [-0.25, -0.2) is 0 Å². The number of thiocarbonyl (C=S) groups is 1. The van der Waals surface area contributed by atoms with Crippen molar-refractivity contribution < 1.29 is 19.2 Å². The van der Waals surface area contributed by atoms with Gasteiger partial charge < -0.3 is 9.47 Å². The highest BCUT2D eigenvalue weighted by Crippen LogP contribution is 2.42. The third-order valence-electron chi connectivity index (χ3n) is 4.04. The molecule has 0 N–H and O–H groups in total. The summed E-state index contributed by atoms with van der Waals surface area (Å²) in [5.74, 6) is 0.619. The molecule has 10 heteroatoms. The molecule has 2 aromatic rings. The van der Waals surface area contributed by atoms with E-state index in [9.17, 15) is 14.9 Å². The molecule has 1 aliphatic rings. The van der Waals surface area contributed by atoms with Gasteiger partial charge in [0.2, 0.25) is 0 Å². The van der Waals surface area contributed by atoms with E-state index in [4.69, 9.17) is 33.3 Å². The quantitative estimate of drug-likeness (QED) is 0.243. The minimum atomic E-state index is -0.556. The number of thioether (sulfide) groups is 1. The lowest BCUT2D eigenvalue weighted by Gasteiger charge is -2.16. The zero-order valence-electron chi connectivity index (χ0n) is 16.2. The van der Waals surface area contributed by atoms with Gasteiger partial charge in [-0.15, -0.1) is 0 Å². The Morgan fingerprint density at radius 3 is 2.67 bits per heavy atom. The summed E-state index contributed by atoms with van der Waals surface area (Å²) in [5.41, 5.74) is 0.627. The molecule has 30 heavy (non-hydrogen) atoms. The Morgan fingerprint density at radius 2 is 2.03 bits per heavy atom. The van der Waals surface area contributed by atoms with E-state index < -0.39 is 10.8 Å². The molecule has 0 bridgehead atoms. The van der Waals surface area contributed by atoms with Gasteiger partial charge in [0.1, 0.15) is 0 Å². The Kier molecular flexibility index (Phi) is 6.64. The summed E-state index contributed by atoms with van der Waals surface area (Å²) >= 11 is 12.6. The number of carbonyl (C=O) groups is 1. The first kappa shape index (κ1) is 22.1. The van der Waals surface area contributed by atoms with Gasteiger partial charge in [-0.2, -0.15) is 0 Å². The number of hydrogen-bond donors (Lipinski definition) is 0. The predicted octanol–water partition coefficient (Wildman–Crippen LogP) is 5.45. The summed E-state index contributed by atoms with van der Waals surface area (Å²) in [6.07, 6.45) is 1.55. The fourth-order valence-corrected chi connectivity index (χ4v) is 4.25. The number of ether oxygens (including phenoxy) is 2. The van der Waals surface area contributed by atoms with Crippen LogP contribution in [0.25, 0.3) is 6.08 Å². The van der Waals surface area contributed by atoms with Gasteiger partial charge in [-0.05, 0) is 32.1 Å². The molecule has 7 nitrogen and oxygen atoms in total. The molecule has 0 spiro atoms. The van der Waals surface area contributed by atoms with Crippen molar-refractivity contribution in [3.8, 4) is 11.5 Å². The maximum absolute atomic E-state index is 13.1. The van der Waals surface area contributed by atoms with Crippen molar-refractivity contribution in [3.63, 3.8) is 0 Å². The van der Waals surface area contributed by atoms with E-state index in [1.165, 1.54) is 30.2 Å². The second kappa shape index (κ2) is 9.03. The molecule has 0 aromatic heterocycles. The fraction of sp³-hybridized carbons (Fsp3) is 0.200. The summed E-state index contributed by atoms with van der Waals surface area (Å²) in [5, 5.41) is 11.3. The average Bonchev–Trinajstić information content (AvgIpc) is 2.96. The molecule has 0 radical (unpaired) electrons. The summed E-state index contributed by atoms with van der Waals surface area (Å²) in [6, 6.07) is 9.22. The molecular formula is C20H17ClN2O5S2. The van der Waals surface area contributed by atoms with Crippen LogP contribution in [0.3, 0.4) is 0 Å². The largest absolute Gasteiger partial charge is 0.493 e. The maximum atomic E-state index is 13.1. The Labute approximate surface area is 187 Å². The highest BCUT2D eigenvalue weighted by molar-refractivity contribution is 8.27. The number of methoxy groups -OCH3 is 1. The highest BCUT2D eigenvalue weighted by Gasteiger charge is 2.35. The molecular weight excluding hydrogens is 448 g/mol. The molecule has 1 aliphatic heterocycles. The van der Waals surface area contributed by atoms with E-state index in [0.717, 1.165) is 11.8 Å². The van der Waals surface area contributed by atoms with Crippen molar-refractivity contribution in [1.29, 1.82) is 0 Å². The van der Waals surface area contributed by atoms with Crippen molar-refractivity contribution in [2.24, 2.45) is 0 Å². The van der Waals surface area contributed by atoms with E-state index in [-0.39, 0.29) is 26.8 Å². The van der Waals surface area contributed by atoms with E-state index >= 15 is 0 Å². The van der Waals surface area contributed by atoms with E-state index in [1.807, 2.05) is 13.8 Å². The van der Waals surface area contributed by atoms with Gasteiger partial charge in [-0.1, -0.05) is 47.7 Å². The Morgan fingerprint density at radius 1 is 1.30 bits per heavy atom. The molecule has 0 saturated carbocycles. The van der Waals surface area contributed by atoms with Crippen LogP contribution in [0.15, 0.2) is 41.3 Å². The molecule has 1 fully saturated rings. The smallest absolute Gasteiger partial charge is 0.271 e. The Balaban J connectivity index is 2.03. The fourth-order valence-electron chi connectivity index (χ4n) is 2.77. The third-order valence-corrected chi connectivity index (χ3v) is 5.67. The Bertz CT molecular complexity index is 1070. The summed E-state index contributed by atoms with van der Waals surface area (Å²) in [4.78, 5) is 25.2. The molecule has 0 unspecified atom stereocenters. The lowest BCUT2D eigenvalue weighted by Crippen LogP contribution is -2.27. The lowest BCUT2D eigenvalue weighted by molar-refractivity contribution is -0.384. The van der Waals surface area contributed by atoms with Crippen LogP contribution in [0, 0.1) is 10.1 Å². The van der Waals surface area contributed by atoms with E-state index in [0.29, 0.717) is 22.0 Å². The lowest BCUT2D eigenvalue weighted by atomic mass is 10.1. The number of anilines is 1. The number of halogens is 1. The second-order valence-corrected chi connectivity index (χ2v) is 8.54. The van der Waals surface area contributed by atoms with Crippen molar-refractivity contribution in [3.05, 3.63) is 62.0 Å². The van der Waals surface area contributed by atoms with Crippen molar-refractivity contribution in [2.75, 3.05) is 12.0 Å². The van der Waals surface area contributed by atoms with Crippen LogP contribution in [-0.4, -0.2) is 28.4 Å². The first-order valence-corrected chi connectivity index (χ1v) is 10.4. The number of nitrogens with zero attached hydrogens (tertiary/aromatic N) is 2. The van der Waals surface area contributed by atoms with Crippen molar-refractivity contribution in [1.82, 2.24) is 0 Å². The summed E-state index contributed by atoms with van der Waals surface area (Å²) in [6.45, 7) is 3.78. The number of benzene rings is 2. The average molecular weight is 465 g/mol. The number of nitro benzene ring substituents is 1. The first-order chi connectivity index (χ1) is 14.2. The molecule has 1 amide bonds. The van der Waals surface area contributed by atoms with Crippen LogP contribution in [0.1, 0.15) is 19.4 Å². The van der Waals surface area contributed by atoms with Gasteiger partial charge in [-0.3, -0.25) is 19.8 Å². The number of hydrogen-bond acceptors (Lipinski definition) is 7. The van der Waals surface area contributed by atoms with Gasteiger partial charge in [0.05, 0.1) is 33.8 Å². The van der Waals surface area contributed by atoms with Crippen LogP contribution >= 0.6 is 35.6 Å². The Hall–Kier alpha value is -2.62. The number of para-hydroxylation sites is 1. The van der Waals surface area contributed by atoms with Gasteiger partial charge in [0.25, 0.3) is 11.6 Å². The zero-order valence-corrected chi connectivity index (χ0v) is 18.6. The SMILES string of the molecule is COc1cccc(/C=C2/SC(=S)N(c3cc([N+](=O)[O-])ccc3Cl)C2=O)c1OC(C)C. The number of rotatable bonds is 6. The first-order valence-electron chi connectivity index (χ1n) is 8.78. The number of non-ortho nitro benzene ring substituents is 1. The molecule has 156 valence electrons. The second-order valence-electron chi connectivity index (χ2n) is 6.46. The minimum absolute atomic E-state index is 0.105. The van der Waals surface area contributed by atoms with Gasteiger partial charge >= 0.3 is 0 Å². The third kappa shape index (κ3) is 4.43. The van der Waals surface area contributed by atoms with Crippen LogP contribution in [0.2, 0.25) is 5.02 Å². The predicted molar refractivity (Wildman–Crippen MR) is 123 cm³/mol. The van der Waals surface area contributed by atoms with Gasteiger partial charge in [0, 0.05) is 17.7 Å². The molecule has 1 saturated heterocycles. The molecule has 0 aliphatic carbocycles. The standard InChI is InChI=1S/C20H17ClN2O5S2/c1-11(2)28-18-12(5-4-6-16(18)27-3)9-17-19(24)22(20(29)30-17)15-10-13(23(25)26)7-8-14(15)21/h4-11H,1-3H3/b17-9+. The van der Waals surface area contributed by atoms with Crippen LogP contribution in [-0.2, 0) is 4.79 Å². The van der Waals surface area contributed by atoms with Crippen LogP contribution < -0.4 is 14.4 Å². The zero-order chi connectivity index (χ0) is 22.0. The van der Waals surface area contributed by atoms with Crippen molar-refractivity contribution in [2.45, 2.75) is 20.0 Å². The normalized spacial score (nSPS) is 15.2. The summed E-state index contributed by atoms with van der Waals surface area (Å²) < 4.78 is 11.5. The molecule has 2 aromatic carbocycles. The summed E-state index contributed by atoms with van der Waals surface area (Å²) in [7, 11) is 1.54. The van der Waals surface area contributed by atoms with Gasteiger partial charge in [0.15, 0.2) is 15.8 Å². The van der Waals surface area contributed by atoms with Crippen LogP contribution in [0.5, 0.6) is 11.5 Å². The molecule has 0 atom stereocenters. The van der Waals surface area contributed by atoms with Crippen molar-refractivity contribution >= 4 is 63.3 Å². The minimum Gasteiger partial charge on any atom is -0.493 e. The number of nitro groups is 1. The topological polar surface area (TPSA) is 81.9 Å².